The second-order valence-corrected chi connectivity index (χ2v) is 6.64. The highest BCUT2D eigenvalue weighted by atomic mass is 16.5. The van der Waals surface area contributed by atoms with Crippen LogP contribution in [0.2, 0.25) is 0 Å². The third-order valence-corrected chi connectivity index (χ3v) is 4.40. The van der Waals surface area contributed by atoms with Crippen LogP contribution in [-0.2, 0) is 11.2 Å². The number of unbranched alkanes of at least 4 members (excludes halogenated alkanes) is 1. The van der Waals surface area contributed by atoms with E-state index in [0.29, 0.717) is 54.1 Å². The fraction of sp³-hybridized carbons (Fsp3) is 0.250. The van der Waals surface area contributed by atoms with Crippen molar-refractivity contribution in [1.29, 1.82) is 0 Å². The fourth-order valence-corrected chi connectivity index (χ4v) is 2.80. The molecule has 6 heteroatoms. The third kappa shape index (κ3) is 6.81. The molecule has 158 valence electrons. The van der Waals surface area contributed by atoms with Crippen molar-refractivity contribution in [2.24, 2.45) is 0 Å². The molecule has 0 aliphatic carbocycles. The molecular formula is C24H26O6. The van der Waals surface area contributed by atoms with Crippen molar-refractivity contribution in [2.45, 2.75) is 25.7 Å². The van der Waals surface area contributed by atoms with Crippen LogP contribution in [0.15, 0.2) is 55.1 Å². The summed E-state index contributed by atoms with van der Waals surface area (Å²) in [5.74, 6) is 0.223. The van der Waals surface area contributed by atoms with Gasteiger partial charge in [0.2, 0.25) is 0 Å². The van der Waals surface area contributed by atoms with E-state index in [2.05, 4.69) is 6.58 Å². The summed E-state index contributed by atoms with van der Waals surface area (Å²) in [4.78, 5) is 23.0. The van der Waals surface area contributed by atoms with Crippen LogP contribution < -0.4 is 9.47 Å². The van der Waals surface area contributed by atoms with Gasteiger partial charge in [0.05, 0.1) is 13.7 Å². The topological polar surface area (TPSA) is 93.1 Å². The van der Waals surface area contributed by atoms with E-state index in [-0.39, 0.29) is 18.0 Å². The van der Waals surface area contributed by atoms with Gasteiger partial charge in [-0.25, -0.2) is 0 Å². The second-order valence-electron chi connectivity index (χ2n) is 6.64. The SMILES string of the molecule is C=CCc1cc(C=CC(=O)c2ccc(OCCCCC(=O)O)cc2)c(OC)cc1O. The molecule has 0 saturated carbocycles. The Hall–Kier alpha value is -3.54. The van der Waals surface area contributed by atoms with E-state index in [1.807, 2.05) is 0 Å². The van der Waals surface area contributed by atoms with Gasteiger partial charge in [0.15, 0.2) is 5.78 Å². The number of phenols is 1. The summed E-state index contributed by atoms with van der Waals surface area (Å²) in [5.41, 5.74) is 1.89. The Bertz CT molecular complexity index is 912. The summed E-state index contributed by atoms with van der Waals surface area (Å²) in [6, 6.07) is 10.1. The first-order valence-corrected chi connectivity index (χ1v) is 9.62. The van der Waals surface area contributed by atoms with E-state index in [1.165, 1.54) is 19.3 Å². The number of aliphatic carboxylic acids is 1. The molecule has 0 amide bonds. The predicted molar refractivity (Wildman–Crippen MR) is 115 cm³/mol. The monoisotopic (exact) mass is 410 g/mol. The van der Waals surface area contributed by atoms with Crippen molar-refractivity contribution in [3.63, 3.8) is 0 Å². The number of hydrogen-bond acceptors (Lipinski definition) is 5. The third-order valence-electron chi connectivity index (χ3n) is 4.40. The summed E-state index contributed by atoms with van der Waals surface area (Å²) >= 11 is 0. The van der Waals surface area contributed by atoms with Crippen molar-refractivity contribution in [3.05, 3.63) is 71.8 Å². The number of hydrogen-bond donors (Lipinski definition) is 2. The number of carbonyl (C=O) groups is 2. The molecule has 0 unspecified atom stereocenters. The number of benzene rings is 2. The van der Waals surface area contributed by atoms with Crippen LogP contribution in [0.4, 0.5) is 0 Å². The lowest BCUT2D eigenvalue weighted by Gasteiger charge is -2.09. The molecule has 6 nitrogen and oxygen atoms in total. The minimum atomic E-state index is -0.812. The number of allylic oxidation sites excluding steroid dienone is 2. The number of aromatic hydroxyl groups is 1. The summed E-state index contributed by atoms with van der Waals surface area (Å²) in [6.45, 7) is 4.10. The van der Waals surface area contributed by atoms with E-state index >= 15 is 0 Å². The molecule has 0 spiro atoms. The van der Waals surface area contributed by atoms with Gasteiger partial charge >= 0.3 is 5.97 Å². The van der Waals surface area contributed by atoms with Gasteiger partial charge in [0.25, 0.3) is 0 Å². The summed E-state index contributed by atoms with van der Waals surface area (Å²) in [5, 5.41) is 18.6. The molecule has 0 radical (unpaired) electrons. The summed E-state index contributed by atoms with van der Waals surface area (Å²) in [7, 11) is 1.50. The largest absolute Gasteiger partial charge is 0.508 e. The number of carboxylic acid groups (broad SMARTS) is 1. The van der Waals surface area contributed by atoms with Gasteiger partial charge in [-0.1, -0.05) is 6.08 Å². The molecule has 2 aromatic rings. The molecule has 0 aliphatic rings. The molecule has 0 bridgehead atoms. The molecular weight excluding hydrogens is 384 g/mol. The molecule has 30 heavy (non-hydrogen) atoms. The molecule has 0 aromatic heterocycles. The Morgan fingerprint density at radius 2 is 1.87 bits per heavy atom. The lowest BCUT2D eigenvalue weighted by molar-refractivity contribution is -0.137. The quantitative estimate of drug-likeness (QED) is 0.229. The van der Waals surface area contributed by atoms with Crippen LogP contribution in [-0.4, -0.2) is 35.7 Å². The highest BCUT2D eigenvalue weighted by Crippen LogP contribution is 2.30. The predicted octanol–water partition coefficient (Wildman–Crippen LogP) is 4.66. The minimum absolute atomic E-state index is 0.119. The molecule has 0 saturated heterocycles. The van der Waals surface area contributed by atoms with Gasteiger partial charge in [-0.3, -0.25) is 9.59 Å². The zero-order valence-corrected chi connectivity index (χ0v) is 17.0. The van der Waals surface area contributed by atoms with Gasteiger partial charge < -0.3 is 19.7 Å². The highest BCUT2D eigenvalue weighted by Gasteiger charge is 2.09. The van der Waals surface area contributed by atoms with E-state index in [9.17, 15) is 14.7 Å². The van der Waals surface area contributed by atoms with Gasteiger partial charge in [0.1, 0.15) is 17.2 Å². The van der Waals surface area contributed by atoms with E-state index in [0.717, 1.165) is 0 Å². The van der Waals surface area contributed by atoms with Crippen molar-refractivity contribution in [1.82, 2.24) is 0 Å². The number of carbonyl (C=O) groups excluding carboxylic acids is 1. The Morgan fingerprint density at radius 1 is 1.13 bits per heavy atom. The number of phenolic OH excluding ortho intramolecular Hbond substituents is 1. The maximum Gasteiger partial charge on any atom is 0.303 e. The molecule has 0 atom stereocenters. The first kappa shape index (κ1) is 22.7. The second kappa shape index (κ2) is 11.5. The smallest absolute Gasteiger partial charge is 0.303 e. The first-order valence-electron chi connectivity index (χ1n) is 9.62. The molecule has 0 fully saturated rings. The molecule has 2 aromatic carbocycles. The number of ketones is 1. The number of ether oxygens (including phenoxy) is 2. The molecule has 2 rings (SSSR count). The van der Waals surface area contributed by atoms with Crippen LogP contribution in [0.5, 0.6) is 17.2 Å². The minimum Gasteiger partial charge on any atom is -0.508 e. The normalized spacial score (nSPS) is 10.7. The van der Waals surface area contributed by atoms with Gasteiger partial charge in [-0.2, -0.15) is 0 Å². The average molecular weight is 410 g/mol. The molecule has 2 N–H and O–H groups in total. The zero-order valence-electron chi connectivity index (χ0n) is 17.0. The fourth-order valence-electron chi connectivity index (χ4n) is 2.80. The van der Waals surface area contributed by atoms with Gasteiger partial charge in [0, 0.05) is 23.6 Å². The van der Waals surface area contributed by atoms with Gasteiger partial charge in [-0.05, 0) is 67.3 Å². The molecule has 0 aliphatic heterocycles. The number of carboxylic acids is 1. The average Bonchev–Trinajstić information content (AvgIpc) is 2.73. The van der Waals surface area contributed by atoms with Crippen molar-refractivity contribution < 1.29 is 29.3 Å². The maximum atomic E-state index is 12.5. The Morgan fingerprint density at radius 3 is 2.50 bits per heavy atom. The Labute approximate surface area is 176 Å². The Balaban J connectivity index is 2.00. The lowest BCUT2D eigenvalue weighted by Crippen LogP contribution is -2.01. The van der Waals surface area contributed by atoms with Crippen molar-refractivity contribution in [3.8, 4) is 17.2 Å². The lowest BCUT2D eigenvalue weighted by atomic mass is 10.0. The van der Waals surface area contributed by atoms with E-state index in [4.69, 9.17) is 14.6 Å². The highest BCUT2D eigenvalue weighted by molar-refractivity contribution is 6.07. The zero-order chi connectivity index (χ0) is 21.9. The van der Waals surface area contributed by atoms with E-state index < -0.39 is 5.97 Å². The maximum absolute atomic E-state index is 12.5. The van der Waals surface area contributed by atoms with Crippen LogP contribution in [0.3, 0.4) is 0 Å². The summed E-state index contributed by atoms with van der Waals surface area (Å²) < 4.78 is 10.8. The number of rotatable bonds is 12. The van der Waals surface area contributed by atoms with Crippen LogP contribution >= 0.6 is 0 Å². The first-order chi connectivity index (χ1) is 14.4. The van der Waals surface area contributed by atoms with Gasteiger partial charge in [-0.15, -0.1) is 6.58 Å². The van der Waals surface area contributed by atoms with E-state index in [1.54, 1.807) is 42.5 Å². The summed E-state index contributed by atoms with van der Waals surface area (Å²) in [6.07, 6.45) is 6.64. The van der Waals surface area contributed by atoms with Crippen molar-refractivity contribution in [2.75, 3.05) is 13.7 Å². The van der Waals surface area contributed by atoms with Crippen LogP contribution in [0.25, 0.3) is 6.08 Å². The standard InChI is InChI=1S/C24H26O6/c1-3-6-18-15-19(23(29-2)16-22(18)26)10-13-21(25)17-8-11-20(12-9-17)30-14-5-4-7-24(27)28/h3,8-13,15-16,26H,1,4-7,14H2,2H3,(H,27,28). The van der Waals surface area contributed by atoms with Crippen LogP contribution in [0.1, 0.15) is 40.7 Å². The van der Waals surface area contributed by atoms with Crippen molar-refractivity contribution >= 4 is 17.8 Å². The Kier molecular flexibility index (Phi) is 8.69. The molecule has 0 heterocycles. The number of methoxy groups -OCH3 is 1. The van der Waals surface area contributed by atoms with Crippen LogP contribution in [0, 0.1) is 0 Å².